The zero-order chi connectivity index (χ0) is 21.9. The molecule has 2 aromatic rings. The third-order valence-corrected chi connectivity index (χ3v) is 6.84. The lowest BCUT2D eigenvalue weighted by atomic mass is 10.0. The lowest BCUT2D eigenvalue weighted by Gasteiger charge is -2.16. The third kappa shape index (κ3) is 4.36. The van der Waals surface area contributed by atoms with E-state index in [0.717, 1.165) is 19.3 Å². The first-order valence-electron chi connectivity index (χ1n) is 10.6. The Bertz CT molecular complexity index is 899. The molecule has 0 radical (unpaired) electrons. The number of ether oxygens (including phenoxy) is 2. The molecule has 0 heterocycles. The van der Waals surface area contributed by atoms with Crippen LogP contribution >= 0.6 is 0 Å². The van der Waals surface area contributed by atoms with Gasteiger partial charge in [0.25, 0.3) is 0 Å². The molecule has 0 saturated carbocycles. The van der Waals surface area contributed by atoms with E-state index >= 15 is 8.78 Å². The molecule has 30 heavy (non-hydrogen) atoms. The summed E-state index contributed by atoms with van der Waals surface area (Å²) in [4.78, 5) is 0. The van der Waals surface area contributed by atoms with Crippen molar-refractivity contribution in [3.63, 3.8) is 0 Å². The van der Waals surface area contributed by atoms with Crippen molar-refractivity contribution in [2.75, 3.05) is 13.2 Å². The molecule has 0 aliphatic heterocycles. The summed E-state index contributed by atoms with van der Waals surface area (Å²) in [7, 11) is -0.582. The van der Waals surface area contributed by atoms with Crippen LogP contribution in [0.3, 0.4) is 0 Å². The average Bonchev–Trinajstić information content (AvgIpc) is 2.93. The highest BCUT2D eigenvalue weighted by Crippen LogP contribution is 2.55. The minimum absolute atomic E-state index is 0.0114. The number of fused-ring (bicyclic) bond motifs is 3. The monoisotopic (exact) mass is 440 g/mol. The van der Waals surface area contributed by atoms with Gasteiger partial charge in [-0.3, -0.25) is 0 Å². The molecule has 1 aliphatic rings. The summed E-state index contributed by atoms with van der Waals surface area (Å²) in [6, 6.07) is 6.65. The van der Waals surface area contributed by atoms with E-state index in [-0.39, 0.29) is 35.8 Å². The average molecular weight is 441 g/mol. The molecule has 0 aromatic heterocycles. The van der Waals surface area contributed by atoms with Crippen molar-refractivity contribution >= 4 is 8.80 Å². The van der Waals surface area contributed by atoms with Crippen molar-refractivity contribution in [3.8, 4) is 22.6 Å². The summed E-state index contributed by atoms with van der Waals surface area (Å²) in [6.07, 6.45) is 3.42. The van der Waals surface area contributed by atoms with Crippen LogP contribution < -0.4 is 9.47 Å². The van der Waals surface area contributed by atoms with E-state index < -0.39 is 37.5 Å². The molecule has 3 rings (SSSR count). The van der Waals surface area contributed by atoms with Crippen LogP contribution in [0.15, 0.2) is 24.3 Å². The fourth-order valence-corrected chi connectivity index (χ4v) is 4.86. The smallest absolute Gasteiger partial charge is 0.305 e. The minimum Gasteiger partial charge on any atom is -0.491 e. The maximum absolute atomic E-state index is 15.1. The third-order valence-electron chi connectivity index (χ3n) is 5.28. The molecule has 0 saturated heterocycles. The second kappa shape index (κ2) is 9.41. The lowest BCUT2D eigenvalue weighted by molar-refractivity contribution is 0.0392. The number of alkyl halides is 2. The first-order chi connectivity index (χ1) is 14.3. The quantitative estimate of drug-likeness (QED) is 0.227. The van der Waals surface area contributed by atoms with Gasteiger partial charge >= 0.3 is 5.92 Å². The van der Waals surface area contributed by atoms with Crippen molar-refractivity contribution in [1.29, 1.82) is 0 Å². The normalized spacial score (nSPS) is 14.0. The molecular formula is C23H28F4O2Si. The maximum atomic E-state index is 15.1. The number of unbranched alkanes of at least 4 members (excludes halogenated alkanes) is 2. The second-order valence-electron chi connectivity index (χ2n) is 8.11. The van der Waals surface area contributed by atoms with Gasteiger partial charge in [0.05, 0.1) is 24.3 Å². The maximum Gasteiger partial charge on any atom is 0.305 e. The second-order valence-corrected chi connectivity index (χ2v) is 11.5. The van der Waals surface area contributed by atoms with E-state index in [1.807, 2.05) is 6.92 Å². The minimum atomic E-state index is -3.80. The first-order valence-corrected chi connectivity index (χ1v) is 13.7. The summed E-state index contributed by atoms with van der Waals surface area (Å²) in [5.74, 6) is -6.53. The molecule has 0 N–H and O–H groups in total. The molecule has 0 amide bonds. The van der Waals surface area contributed by atoms with Gasteiger partial charge < -0.3 is 9.47 Å². The van der Waals surface area contributed by atoms with Crippen molar-refractivity contribution in [2.45, 2.75) is 57.7 Å². The highest BCUT2D eigenvalue weighted by molar-refractivity contribution is 6.55. The van der Waals surface area contributed by atoms with E-state index in [1.54, 1.807) is 0 Å². The Morgan fingerprint density at radius 3 is 1.83 bits per heavy atom. The molecule has 0 spiro atoms. The van der Waals surface area contributed by atoms with Crippen molar-refractivity contribution < 1.29 is 27.0 Å². The fourth-order valence-electron chi connectivity index (χ4n) is 3.75. The Kier molecular flexibility index (Phi) is 7.11. The number of hydrogen-bond donors (Lipinski definition) is 0. The number of rotatable bonds is 10. The highest BCUT2D eigenvalue weighted by Gasteiger charge is 2.50. The zero-order valence-electron chi connectivity index (χ0n) is 17.7. The van der Waals surface area contributed by atoms with Crippen molar-refractivity contribution in [2.24, 2.45) is 0 Å². The van der Waals surface area contributed by atoms with Gasteiger partial charge in [-0.15, -0.1) is 0 Å². The Balaban J connectivity index is 1.81. The van der Waals surface area contributed by atoms with E-state index in [2.05, 4.69) is 13.1 Å². The van der Waals surface area contributed by atoms with Gasteiger partial charge in [0.1, 0.15) is 0 Å². The van der Waals surface area contributed by atoms with Gasteiger partial charge in [-0.05, 0) is 48.2 Å². The van der Waals surface area contributed by atoms with E-state index in [0.29, 0.717) is 6.42 Å². The SMILES string of the molecule is CCCOc1ccc2c(c1F)C(F)(F)c1c-2ccc(OCCCCC[SiH](C)C)c1F. The van der Waals surface area contributed by atoms with E-state index in [9.17, 15) is 8.78 Å². The van der Waals surface area contributed by atoms with E-state index in [1.165, 1.54) is 30.3 Å². The highest BCUT2D eigenvalue weighted by atomic mass is 28.3. The summed E-state index contributed by atoms with van der Waals surface area (Å²) in [5, 5.41) is 0. The summed E-state index contributed by atoms with van der Waals surface area (Å²) >= 11 is 0. The molecule has 2 aromatic carbocycles. The van der Waals surface area contributed by atoms with Gasteiger partial charge in [0.2, 0.25) is 0 Å². The predicted molar refractivity (Wildman–Crippen MR) is 114 cm³/mol. The van der Waals surface area contributed by atoms with Gasteiger partial charge in [0.15, 0.2) is 23.1 Å². The summed E-state index contributed by atoms with van der Waals surface area (Å²) < 4.78 is 70.7. The van der Waals surface area contributed by atoms with Crippen LogP contribution in [0.1, 0.15) is 43.7 Å². The molecule has 0 unspecified atom stereocenters. The molecule has 164 valence electrons. The summed E-state index contributed by atoms with van der Waals surface area (Å²) in [6.45, 7) is 6.88. The number of hydrogen-bond acceptors (Lipinski definition) is 2. The molecule has 0 atom stereocenters. The topological polar surface area (TPSA) is 18.5 Å². The largest absolute Gasteiger partial charge is 0.491 e. The zero-order valence-corrected chi connectivity index (χ0v) is 18.8. The van der Waals surface area contributed by atoms with Crippen LogP contribution in [0.2, 0.25) is 19.1 Å². The van der Waals surface area contributed by atoms with Crippen LogP contribution in [0, 0.1) is 11.6 Å². The lowest BCUT2D eigenvalue weighted by Crippen LogP contribution is -2.16. The van der Waals surface area contributed by atoms with Crippen LogP contribution in [0.25, 0.3) is 11.1 Å². The first kappa shape index (κ1) is 22.7. The Morgan fingerprint density at radius 1 is 0.800 bits per heavy atom. The van der Waals surface area contributed by atoms with Crippen molar-refractivity contribution in [3.05, 3.63) is 47.0 Å². The molecule has 1 aliphatic carbocycles. The Morgan fingerprint density at radius 2 is 1.33 bits per heavy atom. The van der Waals surface area contributed by atoms with Crippen LogP contribution in [0.4, 0.5) is 17.6 Å². The van der Waals surface area contributed by atoms with Crippen LogP contribution in [-0.4, -0.2) is 22.0 Å². The van der Waals surface area contributed by atoms with Crippen LogP contribution in [-0.2, 0) is 5.92 Å². The molecule has 0 bridgehead atoms. The number of halogens is 4. The van der Waals surface area contributed by atoms with Gasteiger partial charge in [0, 0.05) is 8.80 Å². The Labute approximate surface area is 176 Å². The predicted octanol–water partition coefficient (Wildman–Crippen LogP) is 6.91. The van der Waals surface area contributed by atoms with Gasteiger partial charge in [-0.1, -0.05) is 38.9 Å². The summed E-state index contributed by atoms with van der Waals surface area (Å²) in [5.41, 5.74) is -1.69. The van der Waals surface area contributed by atoms with Crippen LogP contribution in [0.5, 0.6) is 11.5 Å². The number of benzene rings is 2. The fraction of sp³-hybridized carbons (Fsp3) is 0.478. The van der Waals surface area contributed by atoms with Gasteiger partial charge in [-0.2, -0.15) is 8.78 Å². The van der Waals surface area contributed by atoms with Gasteiger partial charge in [-0.25, -0.2) is 8.78 Å². The molecule has 7 heteroatoms. The molecular weight excluding hydrogens is 412 g/mol. The standard InChI is InChI=1S/C23H28F4O2Si/c1-4-12-28-17-10-8-15-16-9-11-18(29-13-6-5-7-14-30(2)3)22(25)20(16)23(26,27)19(15)21(17)24/h8-11,30H,4-7,12-14H2,1-3H3. The molecule has 2 nitrogen and oxygen atoms in total. The van der Waals surface area contributed by atoms with Crippen molar-refractivity contribution in [1.82, 2.24) is 0 Å². The molecule has 0 fully saturated rings. The van der Waals surface area contributed by atoms with E-state index in [4.69, 9.17) is 9.47 Å². The Hall–Kier alpha value is -2.02.